The van der Waals surface area contributed by atoms with Crippen LogP contribution in [0.3, 0.4) is 0 Å². The second-order valence-electron chi connectivity index (χ2n) is 7.36. The lowest BCUT2D eigenvalue weighted by atomic mass is 9.89. The average Bonchev–Trinajstić information content (AvgIpc) is 3.19. The molecule has 0 fully saturated rings. The minimum Gasteiger partial charge on any atom is -0.497 e. The fraction of sp³-hybridized carbons (Fsp3) is 0.250. The van der Waals surface area contributed by atoms with E-state index in [1.165, 1.54) is 45.5 Å². The van der Waals surface area contributed by atoms with Crippen LogP contribution in [0, 0.1) is 0 Å². The Balaban J connectivity index is 1.52. The van der Waals surface area contributed by atoms with Crippen molar-refractivity contribution >= 4 is 26.8 Å². The summed E-state index contributed by atoms with van der Waals surface area (Å²) in [5, 5.41) is 4.40. The van der Waals surface area contributed by atoms with Gasteiger partial charge in [0.1, 0.15) is 5.75 Å². The molecular formula is C24H23N3OS. The number of benzene rings is 2. The number of methoxy groups -OCH3 is 1. The van der Waals surface area contributed by atoms with Gasteiger partial charge in [0, 0.05) is 17.8 Å². The standard InChI is InChI=1S/C24H23N3OS/c1-28-18-13-11-16(12-14-18)15-25-24-27-23-22(29-24)21(17-7-3-2-4-8-17)19-9-5-6-10-20(19)26-23/h2-4,7-8,11-14H,5-6,9-10,15H2,1H3,(H,25,26,27). The third kappa shape index (κ3) is 3.58. The van der Waals surface area contributed by atoms with Crippen LogP contribution in [0.1, 0.15) is 29.7 Å². The van der Waals surface area contributed by atoms with Crippen LogP contribution in [0.4, 0.5) is 5.13 Å². The van der Waals surface area contributed by atoms with E-state index in [2.05, 4.69) is 47.8 Å². The van der Waals surface area contributed by atoms with E-state index in [4.69, 9.17) is 14.7 Å². The summed E-state index contributed by atoms with van der Waals surface area (Å²) in [6, 6.07) is 18.8. The summed E-state index contributed by atoms with van der Waals surface area (Å²) in [6.07, 6.45) is 4.61. The molecular weight excluding hydrogens is 378 g/mol. The summed E-state index contributed by atoms with van der Waals surface area (Å²) in [5.41, 5.74) is 7.31. The maximum absolute atomic E-state index is 5.24. The normalized spacial score (nSPS) is 13.3. The van der Waals surface area contributed by atoms with E-state index in [1.807, 2.05) is 12.1 Å². The zero-order valence-electron chi connectivity index (χ0n) is 16.4. The molecule has 0 amide bonds. The van der Waals surface area contributed by atoms with Crippen LogP contribution < -0.4 is 10.1 Å². The number of nitrogens with zero attached hydrogens (tertiary/aromatic N) is 2. The van der Waals surface area contributed by atoms with Gasteiger partial charge in [-0.2, -0.15) is 0 Å². The zero-order chi connectivity index (χ0) is 19.6. The van der Waals surface area contributed by atoms with Gasteiger partial charge in [0.2, 0.25) is 0 Å². The van der Waals surface area contributed by atoms with Gasteiger partial charge >= 0.3 is 0 Å². The van der Waals surface area contributed by atoms with Crippen molar-refractivity contribution < 1.29 is 4.74 Å². The maximum Gasteiger partial charge on any atom is 0.185 e. The fourth-order valence-corrected chi connectivity index (χ4v) is 5.00. The molecule has 0 atom stereocenters. The summed E-state index contributed by atoms with van der Waals surface area (Å²) in [5.74, 6) is 0.871. The third-order valence-corrected chi connectivity index (χ3v) is 6.50. The summed E-state index contributed by atoms with van der Waals surface area (Å²) in [7, 11) is 1.69. The van der Waals surface area contributed by atoms with Crippen molar-refractivity contribution in [3.8, 4) is 16.9 Å². The molecule has 1 N–H and O–H groups in total. The monoisotopic (exact) mass is 401 g/mol. The van der Waals surface area contributed by atoms with Gasteiger partial charge in [-0.15, -0.1) is 0 Å². The lowest BCUT2D eigenvalue weighted by Gasteiger charge is -2.19. The van der Waals surface area contributed by atoms with Crippen molar-refractivity contribution in [1.29, 1.82) is 0 Å². The number of nitrogens with one attached hydrogen (secondary N) is 1. The summed E-state index contributed by atoms with van der Waals surface area (Å²) in [4.78, 5) is 9.77. The van der Waals surface area contributed by atoms with E-state index < -0.39 is 0 Å². The summed E-state index contributed by atoms with van der Waals surface area (Å²) < 4.78 is 6.43. The van der Waals surface area contributed by atoms with Crippen LogP contribution in [0.25, 0.3) is 21.5 Å². The number of thiazole rings is 1. The van der Waals surface area contributed by atoms with Crippen LogP contribution >= 0.6 is 11.3 Å². The molecule has 2 aromatic heterocycles. The van der Waals surface area contributed by atoms with Crippen molar-refractivity contribution in [3.63, 3.8) is 0 Å². The number of fused-ring (bicyclic) bond motifs is 2. The predicted octanol–water partition coefficient (Wildman–Crippen LogP) is 5.86. The Hall–Kier alpha value is -2.92. The van der Waals surface area contributed by atoms with E-state index in [1.54, 1.807) is 18.4 Å². The number of hydrogen-bond acceptors (Lipinski definition) is 5. The number of aryl methyl sites for hydroxylation is 1. The minimum absolute atomic E-state index is 0.726. The molecule has 1 aliphatic carbocycles. The second kappa shape index (κ2) is 7.84. The molecule has 146 valence electrons. The largest absolute Gasteiger partial charge is 0.497 e. The topological polar surface area (TPSA) is 47.0 Å². The number of pyridine rings is 1. The van der Waals surface area contributed by atoms with Gasteiger partial charge < -0.3 is 10.1 Å². The number of hydrogen-bond donors (Lipinski definition) is 1. The van der Waals surface area contributed by atoms with Crippen molar-refractivity contribution in [2.75, 3.05) is 12.4 Å². The number of rotatable bonds is 5. The fourth-order valence-electron chi connectivity index (χ4n) is 4.00. The lowest BCUT2D eigenvalue weighted by Crippen LogP contribution is -2.07. The van der Waals surface area contributed by atoms with Gasteiger partial charge in [-0.25, -0.2) is 9.97 Å². The summed E-state index contributed by atoms with van der Waals surface area (Å²) in [6.45, 7) is 0.726. The molecule has 0 spiro atoms. The first kappa shape index (κ1) is 18.1. The lowest BCUT2D eigenvalue weighted by molar-refractivity contribution is 0.414. The first-order valence-corrected chi connectivity index (χ1v) is 10.9. The first-order chi connectivity index (χ1) is 14.3. The Morgan fingerprint density at radius 1 is 0.966 bits per heavy atom. The molecule has 0 radical (unpaired) electrons. The number of aromatic nitrogens is 2. The minimum atomic E-state index is 0.726. The van der Waals surface area contributed by atoms with E-state index >= 15 is 0 Å². The Bertz CT molecular complexity index is 1140. The molecule has 0 saturated heterocycles. The highest BCUT2D eigenvalue weighted by atomic mass is 32.1. The molecule has 1 aliphatic rings. The van der Waals surface area contributed by atoms with Crippen LogP contribution in [-0.4, -0.2) is 17.1 Å². The molecule has 0 aliphatic heterocycles. The molecule has 5 rings (SSSR count). The Kier molecular flexibility index (Phi) is 4.90. The van der Waals surface area contributed by atoms with Gasteiger partial charge in [0.05, 0.1) is 11.8 Å². The molecule has 4 aromatic rings. The van der Waals surface area contributed by atoms with Crippen molar-refractivity contribution in [1.82, 2.24) is 9.97 Å². The van der Waals surface area contributed by atoms with Crippen molar-refractivity contribution in [2.24, 2.45) is 0 Å². The number of anilines is 1. The zero-order valence-corrected chi connectivity index (χ0v) is 17.3. The highest BCUT2D eigenvalue weighted by molar-refractivity contribution is 7.22. The predicted molar refractivity (Wildman–Crippen MR) is 120 cm³/mol. The second-order valence-corrected chi connectivity index (χ2v) is 8.36. The Morgan fingerprint density at radius 3 is 2.55 bits per heavy atom. The van der Waals surface area contributed by atoms with E-state index in [0.717, 1.165) is 35.9 Å². The SMILES string of the molecule is COc1ccc(CNc2nc3nc4c(c(-c5ccccc5)c3s2)CCCC4)cc1. The van der Waals surface area contributed by atoms with Gasteiger partial charge in [-0.05, 0) is 54.5 Å². The van der Waals surface area contributed by atoms with E-state index in [-0.39, 0.29) is 0 Å². The van der Waals surface area contributed by atoms with Crippen LogP contribution in [0.2, 0.25) is 0 Å². The van der Waals surface area contributed by atoms with Gasteiger partial charge in [-0.3, -0.25) is 0 Å². The highest BCUT2D eigenvalue weighted by Gasteiger charge is 2.21. The molecule has 5 heteroatoms. The Labute approximate surface area is 174 Å². The van der Waals surface area contributed by atoms with Crippen LogP contribution in [0.5, 0.6) is 5.75 Å². The molecule has 2 aromatic carbocycles. The van der Waals surface area contributed by atoms with E-state index in [9.17, 15) is 0 Å². The van der Waals surface area contributed by atoms with Gasteiger partial charge in [0.25, 0.3) is 0 Å². The van der Waals surface area contributed by atoms with Crippen LogP contribution in [-0.2, 0) is 19.4 Å². The molecule has 0 bridgehead atoms. The van der Waals surface area contributed by atoms with Crippen molar-refractivity contribution in [2.45, 2.75) is 32.2 Å². The Morgan fingerprint density at radius 2 is 1.76 bits per heavy atom. The quantitative estimate of drug-likeness (QED) is 0.455. The molecule has 4 nitrogen and oxygen atoms in total. The van der Waals surface area contributed by atoms with Crippen LogP contribution in [0.15, 0.2) is 54.6 Å². The van der Waals surface area contributed by atoms with Crippen molar-refractivity contribution in [3.05, 3.63) is 71.4 Å². The highest BCUT2D eigenvalue weighted by Crippen LogP contribution is 2.40. The average molecular weight is 402 g/mol. The van der Waals surface area contributed by atoms with E-state index in [0.29, 0.717) is 0 Å². The first-order valence-electron chi connectivity index (χ1n) is 10.1. The smallest absolute Gasteiger partial charge is 0.185 e. The molecule has 0 saturated carbocycles. The van der Waals surface area contributed by atoms with Gasteiger partial charge in [0.15, 0.2) is 10.8 Å². The maximum atomic E-state index is 5.24. The molecule has 0 unspecified atom stereocenters. The summed E-state index contributed by atoms with van der Waals surface area (Å²) >= 11 is 1.71. The molecule has 29 heavy (non-hydrogen) atoms. The van der Waals surface area contributed by atoms with Gasteiger partial charge in [-0.1, -0.05) is 53.8 Å². The third-order valence-electron chi connectivity index (χ3n) is 5.48. The molecule has 2 heterocycles. The number of ether oxygens (including phenoxy) is 1.